The van der Waals surface area contributed by atoms with Crippen molar-refractivity contribution in [1.82, 2.24) is 0 Å². The van der Waals surface area contributed by atoms with Gasteiger partial charge in [0.25, 0.3) is 0 Å². The molecule has 4 atom stereocenters. The molecule has 0 aromatic heterocycles. The molecule has 4 rings (SSSR count). The maximum absolute atomic E-state index is 11.8. The summed E-state index contributed by atoms with van der Waals surface area (Å²) in [4.78, 5) is 11.8. The smallest absolute Gasteiger partial charge is 0.303 e. The van der Waals surface area contributed by atoms with E-state index < -0.39 is 42.6 Å². The average Bonchev–Trinajstić information content (AvgIpc) is 2.90. The molecule has 0 radical (unpaired) electrons. The number of carbonyl (C=O) groups excluding carboxylic acids is 1. The molecule has 36 heavy (non-hydrogen) atoms. The van der Waals surface area contributed by atoms with Gasteiger partial charge in [0.1, 0.15) is 30.5 Å². The number of ether oxygens (including phenoxy) is 4. The van der Waals surface area contributed by atoms with Crippen LogP contribution in [0.1, 0.15) is 23.6 Å². The van der Waals surface area contributed by atoms with Crippen LogP contribution >= 0.6 is 0 Å². The zero-order valence-electron chi connectivity index (χ0n) is 20.2. The molecule has 2 N–H and O–H groups in total. The number of hydrogen-bond acceptors (Lipinski definition) is 7. The van der Waals surface area contributed by atoms with E-state index in [4.69, 9.17) is 18.9 Å². The topological polar surface area (TPSA) is 94.5 Å². The number of aliphatic hydroxyl groups excluding tert-OH is 2. The summed E-state index contributed by atoms with van der Waals surface area (Å²) in [6.07, 6.45) is -6.59. The fraction of sp³-hybridized carbons (Fsp3) is 0.345. The van der Waals surface area contributed by atoms with Crippen molar-refractivity contribution in [2.24, 2.45) is 0 Å². The van der Waals surface area contributed by atoms with Gasteiger partial charge in [0.05, 0.1) is 19.8 Å². The molecule has 3 aromatic rings. The fourth-order valence-corrected chi connectivity index (χ4v) is 4.36. The third-order valence-electron chi connectivity index (χ3n) is 6.15. The third-order valence-corrected chi connectivity index (χ3v) is 6.15. The van der Waals surface area contributed by atoms with Crippen LogP contribution < -0.4 is 0 Å². The Morgan fingerprint density at radius 3 is 1.25 bits per heavy atom. The first kappa shape index (κ1) is 26.0. The Morgan fingerprint density at radius 2 is 0.917 bits per heavy atom. The van der Waals surface area contributed by atoms with Crippen LogP contribution in [-0.4, -0.2) is 52.8 Å². The molecule has 0 bridgehead atoms. The molecule has 1 aliphatic carbocycles. The summed E-state index contributed by atoms with van der Waals surface area (Å²) in [5.41, 5.74) is 2.74. The summed E-state index contributed by atoms with van der Waals surface area (Å²) in [6.45, 7) is 1.85. The first-order chi connectivity index (χ1) is 17.5. The van der Waals surface area contributed by atoms with Gasteiger partial charge in [-0.3, -0.25) is 4.79 Å². The lowest BCUT2D eigenvalue weighted by Crippen LogP contribution is -2.66. The highest BCUT2D eigenvalue weighted by molar-refractivity contribution is 5.66. The Hall–Kier alpha value is -3.07. The Balaban J connectivity index is 1.60. The largest absolute Gasteiger partial charge is 0.457 e. The molecule has 0 aliphatic heterocycles. The maximum atomic E-state index is 11.8. The molecular formula is C29H32O7. The van der Waals surface area contributed by atoms with Crippen LogP contribution in [-0.2, 0) is 43.6 Å². The highest BCUT2D eigenvalue weighted by atomic mass is 16.6. The SMILES string of the molecule is CC(=O)OC1[C@@H](O)[C@H](OCc2ccccc2)C(OCc2ccccc2)[C@@H](OCc2ccccc2)[C@@H]1O. The minimum atomic E-state index is -1.33. The van der Waals surface area contributed by atoms with Crippen molar-refractivity contribution in [2.75, 3.05) is 0 Å². The van der Waals surface area contributed by atoms with Crippen LogP contribution in [0.5, 0.6) is 0 Å². The van der Waals surface area contributed by atoms with E-state index in [2.05, 4.69) is 0 Å². The molecule has 0 unspecified atom stereocenters. The summed E-state index contributed by atoms with van der Waals surface area (Å²) >= 11 is 0. The minimum absolute atomic E-state index is 0.196. The lowest BCUT2D eigenvalue weighted by atomic mass is 9.84. The van der Waals surface area contributed by atoms with Gasteiger partial charge >= 0.3 is 5.97 Å². The Kier molecular flexibility index (Phi) is 9.22. The van der Waals surface area contributed by atoms with E-state index in [0.717, 1.165) is 16.7 Å². The summed E-state index contributed by atoms with van der Waals surface area (Å²) in [6, 6.07) is 28.7. The first-order valence-corrected chi connectivity index (χ1v) is 12.0. The molecule has 7 heteroatoms. The quantitative estimate of drug-likeness (QED) is 0.419. The summed E-state index contributed by atoms with van der Waals surface area (Å²) in [7, 11) is 0. The Morgan fingerprint density at radius 1 is 0.583 bits per heavy atom. The van der Waals surface area contributed by atoms with Gasteiger partial charge in [0.15, 0.2) is 6.10 Å². The van der Waals surface area contributed by atoms with E-state index in [1.807, 2.05) is 91.0 Å². The van der Waals surface area contributed by atoms with Crippen LogP contribution in [0, 0.1) is 0 Å². The minimum Gasteiger partial charge on any atom is -0.457 e. The van der Waals surface area contributed by atoms with Gasteiger partial charge < -0.3 is 29.2 Å². The highest BCUT2D eigenvalue weighted by Crippen LogP contribution is 2.32. The van der Waals surface area contributed by atoms with Crippen molar-refractivity contribution in [3.8, 4) is 0 Å². The highest BCUT2D eigenvalue weighted by Gasteiger charge is 2.53. The van der Waals surface area contributed by atoms with Gasteiger partial charge in [0, 0.05) is 6.92 Å². The summed E-state index contributed by atoms with van der Waals surface area (Å²) < 4.78 is 23.9. The van der Waals surface area contributed by atoms with E-state index >= 15 is 0 Å². The Labute approximate surface area is 211 Å². The molecular weight excluding hydrogens is 460 g/mol. The lowest BCUT2D eigenvalue weighted by Gasteiger charge is -2.46. The normalized spacial score (nSPS) is 25.9. The van der Waals surface area contributed by atoms with Gasteiger partial charge in [-0.15, -0.1) is 0 Å². The number of esters is 1. The number of benzene rings is 3. The molecule has 0 heterocycles. The van der Waals surface area contributed by atoms with Crippen LogP contribution in [0.3, 0.4) is 0 Å². The standard InChI is InChI=1S/C29H32O7/c1-20(30)36-26-24(31)27(33-17-21-11-5-2-6-12-21)29(35-19-23-15-9-4-10-16-23)28(25(26)32)34-18-22-13-7-3-8-14-22/h2-16,24-29,31-32H,17-19H2,1H3/t24-,25-,26?,27+,28+,29?/m1/s1. The molecule has 1 aliphatic rings. The fourth-order valence-electron chi connectivity index (χ4n) is 4.36. The first-order valence-electron chi connectivity index (χ1n) is 12.0. The number of hydrogen-bond donors (Lipinski definition) is 2. The van der Waals surface area contributed by atoms with Crippen LogP contribution in [0.2, 0.25) is 0 Å². The molecule has 1 saturated carbocycles. The van der Waals surface area contributed by atoms with Gasteiger partial charge in [-0.25, -0.2) is 0 Å². The van der Waals surface area contributed by atoms with Crippen molar-refractivity contribution < 1.29 is 34.0 Å². The second kappa shape index (κ2) is 12.8. The third kappa shape index (κ3) is 6.78. The van der Waals surface area contributed by atoms with Crippen molar-refractivity contribution in [3.63, 3.8) is 0 Å². The molecule has 190 valence electrons. The molecule has 0 amide bonds. The predicted octanol–water partition coefficient (Wildman–Crippen LogP) is 3.41. The van der Waals surface area contributed by atoms with Crippen molar-refractivity contribution in [2.45, 2.75) is 63.4 Å². The monoisotopic (exact) mass is 492 g/mol. The number of aliphatic hydroxyl groups is 2. The molecule has 7 nitrogen and oxygen atoms in total. The average molecular weight is 493 g/mol. The van der Waals surface area contributed by atoms with Crippen molar-refractivity contribution in [1.29, 1.82) is 0 Å². The second-order valence-electron chi connectivity index (χ2n) is 8.84. The van der Waals surface area contributed by atoms with E-state index in [0.29, 0.717) is 0 Å². The van der Waals surface area contributed by atoms with Crippen molar-refractivity contribution in [3.05, 3.63) is 108 Å². The maximum Gasteiger partial charge on any atom is 0.303 e. The van der Waals surface area contributed by atoms with Gasteiger partial charge in [-0.05, 0) is 16.7 Å². The van der Waals surface area contributed by atoms with E-state index in [1.165, 1.54) is 6.92 Å². The van der Waals surface area contributed by atoms with Crippen LogP contribution in [0.25, 0.3) is 0 Å². The van der Waals surface area contributed by atoms with Crippen LogP contribution in [0.4, 0.5) is 0 Å². The zero-order chi connectivity index (χ0) is 25.3. The van der Waals surface area contributed by atoms with E-state index in [-0.39, 0.29) is 19.8 Å². The number of carbonyl (C=O) groups is 1. The lowest BCUT2D eigenvalue weighted by molar-refractivity contribution is -0.267. The number of rotatable bonds is 10. The molecule has 3 aromatic carbocycles. The molecule has 0 saturated heterocycles. The second-order valence-corrected chi connectivity index (χ2v) is 8.84. The van der Waals surface area contributed by atoms with Gasteiger partial charge in [-0.1, -0.05) is 91.0 Å². The van der Waals surface area contributed by atoms with Crippen molar-refractivity contribution >= 4 is 5.97 Å². The zero-order valence-corrected chi connectivity index (χ0v) is 20.2. The van der Waals surface area contributed by atoms with Gasteiger partial charge in [0.2, 0.25) is 0 Å². The van der Waals surface area contributed by atoms with Gasteiger partial charge in [-0.2, -0.15) is 0 Å². The predicted molar refractivity (Wildman–Crippen MR) is 133 cm³/mol. The Bertz CT molecular complexity index is 1000. The van der Waals surface area contributed by atoms with E-state index in [1.54, 1.807) is 0 Å². The van der Waals surface area contributed by atoms with Crippen LogP contribution in [0.15, 0.2) is 91.0 Å². The molecule has 1 fully saturated rings. The summed E-state index contributed by atoms with van der Waals surface area (Å²) in [5.74, 6) is -0.620. The summed E-state index contributed by atoms with van der Waals surface area (Å²) in [5, 5.41) is 22.4. The molecule has 0 spiro atoms. The van der Waals surface area contributed by atoms with E-state index in [9.17, 15) is 15.0 Å².